The van der Waals surface area contributed by atoms with Crippen LogP contribution in [0.3, 0.4) is 0 Å². The maximum absolute atomic E-state index is 13.3. The highest BCUT2D eigenvalue weighted by atomic mass is 32.1. The first-order valence-corrected chi connectivity index (χ1v) is 10.9. The minimum absolute atomic E-state index is 0.0200. The molecule has 0 spiro atoms. The van der Waals surface area contributed by atoms with Crippen molar-refractivity contribution in [3.63, 3.8) is 0 Å². The molecular weight excluding hydrogens is 372 g/mol. The van der Waals surface area contributed by atoms with Crippen LogP contribution in [0.1, 0.15) is 44.8 Å². The van der Waals surface area contributed by atoms with E-state index in [1.807, 2.05) is 31.2 Å². The van der Waals surface area contributed by atoms with Crippen molar-refractivity contribution in [3.8, 4) is 0 Å². The van der Waals surface area contributed by atoms with Gasteiger partial charge in [0, 0.05) is 10.4 Å². The van der Waals surface area contributed by atoms with E-state index in [9.17, 15) is 9.59 Å². The van der Waals surface area contributed by atoms with Crippen LogP contribution in [0, 0.1) is 6.92 Å². The fourth-order valence-electron chi connectivity index (χ4n) is 3.98. The standard InChI is InChI=1S/C22H26N2O3S/c1-15-6-8-16(9-7-15)21(26)20-17-4-2-3-5-18(17)28-22(20)23-19(25)14-24-10-12-27-13-11-24/h6-9H,2-5,10-14H2,1H3,(H,23,25)/p+1. The Morgan fingerprint density at radius 2 is 1.82 bits per heavy atom. The Morgan fingerprint density at radius 1 is 1.11 bits per heavy atom. The van der Waals surface area contributed by atoms with E-state index in [4.69, 9.17) is 4.74 Å². The zero-order chi connectivity index (χ0) is 19.5. The quantitative estimate of drug-likeness (QED) is 0.757. The third kappa shape index (κ3) is 4.19. The fraction of sp³-hybridized carbons (Fsp3) is 0.455. The van der Waals surface area contributed by atoms with Gasteiger partial charge in [0.1, 0.15) is 18.1 Å². The number of hydrogen-bond donors (Lipinski definition) is 2. The Hall–Kier alpha value is -2.02. The van der Waals surface area contributed by atoms with Gasteiger partial charge in [-0.25, -0.2) is 0 Å². The minimum atomic E-state index is -0.0200. The lowest BCUT2D eigenvalue weighted by molar-refractivity contribution is -0.899. The number of amides is 1. The van der Waals surface area contributed by atoms with E-state index in [2.05, 4.69) is 5.32 Å². The van der Waals surface area contributed by atoms with Crippen LogP contribution >= 0.6 is 11.3 Å². The normalized spacial score (nSPS) is 17.2. The largest absolute Gasteiger partial charge is 0.370 e. The molecule has 1 aromatic heterocycles. The fourth-order valence-corrected chi connectivity index (χ4v) is 5.28. The summed E-state index contributed by atoms with van der Waals surface area (Å²) in [5, 5.41) is 3.81. The summed E-state index contributed by atoms with van der Waals surface area (Å²) in [7, 11) is 0. The lowest BCUT2D eigenvalue weighted by atomic mass is 9.91. The number of carbonyl (C=O) groups excluding carboxylic acids is 2. The summed E-state index contributed by atoms with van der Waals surface area (Å²) in [6.45, 7) is 5.54. The number of hydrogen-bond acceptors (Lipinski definition) is 4. The summed E-state index contributed by atoms with van der Waals surface area (Å²) in [6, 6.07) is 7.69. The molecule has 1 fully saturated rings. The first-order valence-electron chi connectivity index (χ1n) is 10.1. The summed E-state index contributed by atoms with van der Waals surface area (Å²) in [5.41, 5.74) is 3.68. The zero-order valence-electron chi connectivity index (χ0n) is 16.3. The summed E-state index contributed by atoms with van der Waals surface area (Å²) in [5.74, 6) is 0.00173. The first-order chi connectivity index (χ1) is 13.6. The Morgan fingerprint density at radius 3 is 2.57 bits per heavy atom. The van der Waals surface area contributed by atoms with E-state index < -0.39 is 0 Å². The molecule has 1 aromatic carbocycles. The number of ketones is 1. The maximum Gasteiger partial charge on any atom is 0.280 e. The molecule has 148 valence electrons. The van der Waals surface area contributed by atoms with E-state index >= 15 is 0 Å². The SMILES string of the molecule is Cc1ccc(C(=O)c2c(NC(=O)C[NH+]3CCOCC3)sc3c2CCCC3)cc1. The second kappa shape index (κ2) is 8.55. The van der Waals surface area contributed by atoms with E-state index in [0.29, 0.717) is 30.9 Å². The number of nitrogens with one attached hydrogen (secondary N) is 2. The van der Waals surface area contributed by atoms with Crippen molar-refractivity contribution in [2.24, 2.45) is 0 Å². The van der Waals surface area contributed by atoms with Gasteiger partial charge in [-0.1, -0.05) is 29.8 Å². The van der Waals surface area contributed by atoms with Gasteiger partial charge in [0.2, 0.25) is 0 Å². The number of fused-ring (bicyclic) bond motifs is 1. The lowest BCUT2D eigenvalue weighted by Crippen LogP contribution is -3.15. The van der Waals surface area contributed by atoms with Gasteiger partial charge in [0.05, 0.1) is 18.8 Å². The van der Waals surface area contributed by atoms with Crippen LogP contribution in [-0.4, -0.2) is 44.5 Å². The molecule has 0 unspecified atom stereocenters. The molecular formula is C22H27N2O3S+. The highest BCUT2D eigenvalue weighted by Gasteiger charge is 2.28. The van der Waals surface area contributed by atoms with Crippen molar-refractivity contribution in [1.29, 1.82) is 0 Å². The molecule has 4 rings (SSSR count). The monoisotopic (exact) mass is 399 g/mol. The Bertz CT molecular complexity index is 867. The number of morpholine rings is 1. The predicted molar refractivity (Wildman–Crippen MR) is 111 cm³/mol. The Labute approximate surface area is 169 Å². The molecule has 0 radical (unpaired) electrons. The van der Waals surface area contributed by atoms with E-state index in [-0.39, 0.29) is 11.7 Å². The molecule has 0 atom stereocenters. The average molecular weight is 400 g/mol. The number of ether oxygens (including phenoxy) is 1. The van der Waals surface area contributed by atoms with E-state index in [1.54, 1.807) is 11.3 Å². The Balaban J connectivity index is 1.59. The number of thiophene rings is 1. The molecule has 0 saturated carbocycles. The van der Waals surface area contributed by atoms with Crippen LogP contribution in [-0.2, 0) is 22.4 Å². The topological polar surface area (TPSA) is 59.8 Å². The highest BCUT2D eigenvalue weighted by Crippen LogP contribution is 2.39. The van der Waals surface area contributed by atoms with Crippen LogP contribution in [0.4, 0.5) is 5.00 Å². The van der Waals surface area contributed by atoms with Gasteiger partial charge in [0.25, 0.3) is 5.91 Å². The van der Waals surface area contributed by atoms with Gasteiger partial charge in [-0.15, -0.1) is 11.3 Å². The molecule has 1 amide bonds. The van der Waals surface area contributed by atoms with Gasteiger partial charge in [0.15, 0.2) is 12.3 Å². The van der Waals surface area contributed by atoms with E-state index in [0.717, 1.165) is 54.9 Å². The second-order valence-corrected chi connectivity index (χ2v) is 8.80. The molecule has 0 bridgehead atoms. The van der Waals surface area contributed by atoms with Crippen LogP contribution in [0.25, 0.3) is 0 Å². The molecule has 28 heavy (non-hydrogen) atoms. The van der Waals surface area contributed by atoms with Gasteiger partial charge in [-0.05, 0) is 38.2 Å². The maximum atomic E-state index is 13.3. The average Bonchev–Trinajstić information content (AvgIpc) is 3.06. The summed E-state index contributed by atoms with van der Waals surface area (Å²) >= 11 is 1.59. The van der Waals surface area contributed by atoms with Crippen LogP contribution in [0.15, 0.2) is 24.3 Å². The Kier molecular flexibility index (Phi) is 5.90. The first kappa shape index (κ1) is 19.3. The van der Waals surface area contributed by atoms with Gasteiger partial charge < -0.3 is 15.0 Å². The zero-order valence-corrected chi connectivity index (χ0v) is 17.1. The number of aryl methyl sites for hydroxylation is 2. The molecule has 2 aromatic rings. The molecule has 2 aliphatic rings. The second-order valence-electron chi connectivity index (χ2n) is 7.70. The van der Waals surface area contributed by atoms with Crippen molar-refractivity contribution >= 4 is 28.0 Å². The molecule has 2 heterocycles. The number of benzene rings is 1. The summed E-state index contributed by atoms with van der Waals surface area (Å²) < 4.78 is 5.37. The minimum Gasteiger partial charge on any atom is -0.370 e. The third-order valence-electron chi connectivity index (χ3n) is 5.58. The van der Waals surface area contributed by atoms with Crippen LogP contribution in [0.2, 0.25) is 0 Å². The number of anilines is 1. The highest BCUT2D eigenvalue weighted by molar-refractivity contribution is 7.17. The van der Waals surface area contributed by atoms with Crippen molar-refractivity contribution in [3.05, 3.63) is 51.4 Å². The van der Waals surface area contributed by atoms with Crippen LogP contribution in [0.5, 0.6) is 0 Å². The number of rotatable bonds is 5. The van der Waals surface area contributed by atoms with Crippen molar-refractivity contribution in [2.75, 3.05) is 38.2 Å². The molecule has 5 nitrogen and oxygen atoms in total. The molecule has 1 aliphatic carbocycles. The van der Waals surface area contributed by atoms with Crippen molar-refractivity contribution in [1.82, 2.24) is 0 Å². The number of carbonyl (C=O) groups is 2. The lowest BCUT2D eigenvalue weighted by Gasteiger charge is -2.23. The molecule has 6 heteroatoms. The van der Waals surface area contributed by atoms with Crippen molar-refractivity contribution < 1.29 is 19.2 Å². The van der Waals surface area contributed by atoms with Gasteiger partial charge in [-0.3, -0.25) is 9.59 Å². The molecule has 1 saturated heterocycles. The van der Waals surface area contributed by atoms with Crippen molar-refractivity contribution in [2.45, 2.75) is 32.6 Å². The van der Waals surface area contributed by atoms with Crippen LogP contribution < -0.4 is 10.2 Å². The molecule has 2 N–H and O–H groups in total. The predicted octanol–water partition coefficient (Wildman–Crippen LogP) is 2.02. The van der Waals surface area contributed by atoms with Gasteiger partial charge in [-0.2, -0.15) is 0 Å². The van der Waals surface area contributed by atoms with Gasteiger partial charge >= 0.3 is 0 Å². The smallest absolute Gasteiger partial charge is 0.280 e. The summed E-state index contributed by atoms with van der Waals surface area (Å²) in [6.07, 6.45) is 4.17. The molecule has 1 aliphatic heterocycles. The number of quaternary nitrogens is 1. The summed E-state index contributed by atoms with van der Waals surface area (Å²) in [4.78, 5) is 28.5. The van der Waals surface area contributed by atoms with E-state index in [1.165, 1.54) is 9.78 Å². The third-order valence-corrected chi connectivity index (χ3v) is 6.78.